The Labute approximate surface area is 127 Å². The lowest BCUT2D eigenvalue weighted by Gasteiger charge is -2.09. The third-order valence-corrected chi connectivity index (χ3v) is 4.74. The van der Waals surface area contributed by atoms with Gasteiger partial charge in [0.05, 0.1) is 17.8 Å². The van der Waals surface area contributed by atoms with Gasteiger partial charge in [-0.2, -0.15) is 0 Å². The number of halogens is 1. The fourth-order valence-electron chi connectivity index (χ4n) is 1.73. The maximum Gasteiger partial charge on any atom is 0.242 e. The third kappa shape index (κ3) is 4.24. The van der Waals surface area contributed by atoms with Crippen LogP contribution in [0, 0.1) is 0 Å². The average molecular weight is 331 g/mol. The predicted octanol–water partition coefficient (Wildman–Crippen LogP) is 0.792. The summed E-state index contributed by atoms with van der Waals surface area (Å²) in [7, 11) is -3.70. The van der Waals surface area contributed by atoms with Crippen molar-refractivity contribution in [3.05, 3.63) is 41.2 Å². The van der Waals surface area contributed by atoms with E-state index >= 15 is 0 Å². The molecule has 0 saturated heterocycles. The number of sulfonamides is 1. The van der Waals surface area contributed by atoms with Gasteiger partial charge in [-0.3, -0.25) is 4.68 Å². The molecule has 0 amide bonds. The molecule has 0 saturated carbocycles. The molecule has 0 bridgehead atoms. The molecule has 21 heavy (non-hydrogen) atoms. The quantitative estimate of drug-likeness (QED) is 0.732. The van der Waals surface area contributed by atoms with Crippen LogP contribution in [0.5, 0.6) is 0 Å². The summed E-state index contributed by atoms with van der Waals surface area (Å²) in [5.74, 6) is 0. The van der Waals surface area contributed by atoms with E-state index in [9.17, 15) is 8.42 Å². The van der Waals surface area contributed by atoms with Crippen LogP contribution in [0.2, 0.25) is 5.02 Å². The number of aromatic nitrogens is 3. The van der Waals surface area contributed by atoms with E-state index in [2.05, 4.69) is 15.0 Å². The van der Waals surface area contributed by atoms with Crippen LogP contribution in [0.15, 0.2) is 35.5 Å². The number of rotatable bonds is 7. The minimum absolute atomic E-state index is 0.0310. The molecule has 2 N–H and O–H groups in total. The van der Waals surface area contributed by atoms with Gasteiger partial charge in [-0.25, -0.2) is 13.1 Å². The predicted molar refractivity (Wildman–Crippen MR) is 77.2 cm³/mol. The molecule has 0 unspecified atom stereocenters. The van der Waals surface area contributed by atoms with Gasteiger partial charge < -0.3 is 5.11 Å². The first-order valence-electron chi connectivity index (χ1n) is 6.26. The summed E-state index contributed by atoms with van der Waals surface area (Å²) in [5, 5.41) is 16.6. The number of nitrogens with zero attached hydrogens (tertiary/aromatic N) is 3. The fourth-order valence-corrected chi connectivity index (χ4v) is 3.35. The van der Waals surface area contributed by atoms with Gasteiger partial charge in [0.1, 0.15) is 4.90 Å². The van der Waals surface area contributed by atoms with Crippen molar-refractivity contribution in [2.75, 3.05) is 6.54 Å². The molecule has 1 aromatic heterocycles. The van der Waals surface area contributed by atoms with Crippen molar-refractivity contribution < 1.29 is 13.5 Å². The molecule has 1 heterocycles. The minimum atomic E-state index is -3.70. The highest BCUT2D eigenvalue weighted by Gasteiger charge is 2.17. The molecule has 2 aromatic rings. The Balaban J connectivity index is 1.98. The molecule has 0 aliphatic rings. The summed E-state index contributed by atoms with van der Waals surface area (Å²) in [5.41, 5.74) is 0.488. The van der Waals surface area contributed by atoms with Crippen LogP contribution in [0.25, 0.3) is 0 Å². The smallest absolute Gasteiger partial charge is 0.242 e. The van der Waals surface area contributed by atoms with Crippen LogP contribution < -0.4 is 4.72 Å². The number of hydrogen-bond acceptors (Lipinski definition) is 5. The van der Waals surface area contributed by atoms with Crippen molar-refractivity contribution in [1.29, 1.82) is 0 Å². The second-order valence-electron chi connectivity index (χ2n) is 4.34. The molecular weight excluding hydrogens is 316 g/mol. The van der Waals surface area contributed by atoms with E-state index in [-0.39, 0.29) is 23.1 Å². The normalized spacial score (nSPS) is 11.7. The van der Waals surface area contributed by atoms with Gasteiger partial charge in [-0.15, -0.1) is 5.10 Å². The Hall–Kier alpha value is -1.48. The molecule has 0 atom stereocenters. The Morgan fingerprint density at radius 3 is 2.86 bits per heavy atom. The molecular formula is C12H15ClN4O3S. The number of aliphatic hydroxyl groups excluding tert-OH is 1. The van der Waals surface area contributed by atoms with Gasteiger partial charge in [-0.05, 0) is 24.1 Å². The first-order valence-corrected chi connectivity index (χ1v) is 8.12. The topological polar surface area (TPSA) is 97.1 Å². The average Bonchev–Trinajstić information content (AvgIpc) is 2.97. The minimum Gasteiger partial charge on any atom is -0.392 e. The summed E-state index contributed by atoms with van der Waals surface area (Å²) < 4.78 is 28.4. The van der Waals surface area contributed by atoms with E-state index < -0.39 is 10.0 Å². The van der Waals surface area contributed by atoms with E-state index in [1.165, 1.54) is 12.1 Å². The highest BCUT2D eigenvalue weighted by Crippen LogP contribution is 2.22. The van der Waals surface area contributed by atoms with Crippen molar-refractivity contribution >= 4 is 21.6 Å². The molecule has 0 aliphatic carbocycles. The highest BCUT2D eigenvalue weighted by atomic mass is 35.5. The zero-order valence-electron chi connectivity index (χ0n) is 11.1. The Bertz CT molecular complexity index is 689. The van der Waals surface area contributed by atoms with Crippen LogP contribution >= 0.6 is 11.6 Å². The van der Waals surface area contributed by atoms with Crippen molar-refractivity contribution in [3.63, 3.8) is 0 Å². The maximum absolute atomic E-state index is 12.2. The van der Waals surface area contributed by atoms with E-state index in [0.717, 1.165) is 0 Å². The monoisotopic (exact) mass is 330 g/mol. The number of aliphatic hydroxyl groups is 1. The van der Waals surface area contributed by atoms with E-state index in [0.29, 0.717) is 18.5 Å². The Morgan fingerprint density at radius 2 is 2.19 bits per heavy atom. The molecule has 7 nitrogen and oxygen atoms in total. The molecule has 114 valence electrons. The van der Waals surface area contributed by atoms with Gasteiger partial charge in [0.2, 0.25) is 10.0 Å². The third-order valence-electron chi connectivity index (χ3n) is 2.80. The molecule has 9 heteroatoms. The standard InChI is InChI=1S/C12H15ClN4O3S/c13-11-3-2-10(9-18)8-12(11)21(19,20)15-4-1-6-17-7-5-14-16-17/h2-3,5,7-8,15,18H,1,4,6,9H2. The summed E-state index contributed by atoms with van der Waals surface area (Å²) >= 11 is 5.91. The van der Waals surface area contributed by atoms with Crippen LogP contribution in [-0.4, -0.2) is 35.1 Å². The lowest BCUT2D eigenvalue weighted by atomic mass is 10.2. The second kappa shape index (κ2) is 6.99. The molecule has 0 aliphatic heterocycles. The molecule has 0 radical (unpaired) electrons. The van der Waals surface area contributed by atoms with Crippen molar-refractivity contribution in [2.24, 2.45) is 0 Å². The number of hydrogen-bond donors (Lipinski definition) is 2. The summed E-state index contributed by atoms with van der Waals surface area (Å²) in [6.45, 7) is 0.570. The van der Waals surface area contributed by atoms with Gasteiger partial charge in [0.25, 0.3) is 0 Å². The molecule has 0 fully saturated rings. The largest absolute Gasteiger partial charge is 0.392 e. The van der Waals surface area contributed by atoms with Gasteiger partial charge in [0, 0.05) is 19.3 Å². The number of benzene rings is 1. The van der Waals surface area contributed by atoms with Crippen LogP contribution in [0.3, 0.4) is 0 Å². The van der Waals surface area contributed by atoms with Gasteiger partial charge >= 0.3 is 0 Å². The summed E-state index contributed by atoms with van der Waals surface area (Å²) in [6, 6.07) is 4.39. The zero-order valence-corrected chi connectivity index (χ0v) is 12.7. The highest BCUT2D eigenvalue weighted by molar-refractivity contribution is 7.89. The molecule has 1 aromatic carbocycles. The first kappa shape index (κ1) is 15.9. The van der Waals surface area contributed by atoms with Gasteiger partial charge in [-0.1, -0.05) is 22.9 Å². The SMILES string of the molecule is O=S(=O)(NCCCn1ccnn1)c1cc(CO)ccc1Cl. The first-order chi connectivity index (χ1) is 10.0. The Morgan fingerprint density at radius 1 is 1.38 bits per heavy atom. The molecule has 2 rings (SSSR count). The molecule has 0 spiro atoms. The zero-order chi connectivity index (χ0) is 15.3. The van der Waals surface area contributed by atoms with E-state index in [1.807, 2.05) is 0 Å². The lowest BCUT2D eigenvalue weighted by molar-refractivity contribution is 0.281. The van der Waals surface area contributed by atoms with Crippen molar-refractivity contribution in [1.82, 2.24) is 19.7 Å². The Kier molecular flexibility index (Phi) is 5.29. The van der Waals surface area contributed by atoms with Crippen LogP contribution in [-0.2, 0) is 23.2 Å². The van der Waals surface area contributed by atoms with E-state index in [1.54, 1.807) is 23.1 Å². The van der Waals surface area contributed by atoms with Crippen LogP contribution in [0.1, 0.15) is 12.0 Å². The van der Waals surface area contributed by atoms with Crippen molar-refractivity contribution in [2.45, 2.75) is 24.5 Å². The number of nitrogens with one attached hydrogen (secondary N) is 1. The summed E-state index contributed by atoms with van der Waals surface area (Å²) in [4.78, 5) is -0.0310. The summed E-state index contributed by atoms with van der Waals surface area (Å²) in [6.07, 6.45) is 3.83. The van der Waals surface area contributed by atoms with Gasteiger partial charge in [0.15, 0.2) is 0 Å². The van der Waals surface area contributed by atoms with E-state index in [4.69, 9.17) is 16.7 Å². The lowest BCUT2D eigenvalue weighted by Crippen LogP contribution is -2.26. The maximum atomic E-state index is 12.2. The van der Waals surface area contributed by atoms with Crippen molar-refractivity contribution in [3.8, 4) is 0 Å². The number of aryl methyl sites for hydroxylation is 1. The fraction of sp³-hybridized carbons (Fsp3) is 0.333. The second-order valence-corrected chi connectivity index (χ2v) is 6.48. The van der Waals surface area contributed by atoms with Crippen LogP contribution in [0.4, 0.5) is 0 Å².